The SMILES string of the molecule is C=C(F)C(=O)NCCNC1=C(C#N)C(OC[C@@H]2CCCN2C)=NC2C=C(c3cccc4ccc(F)c(Cl)c34)C=CC12. The standard InChI is InChI=1S/C31H30ClF2N5O2/c1-18(33)30(40)37-13-12-36-29-23-10-8-20(22-7-3-5-19-9-11-25(34)28(32)27(19)22)15-26(23)38-31(24(29)16-35)41-17-21-6-4-14-39(21)2/h3,5,7-11,15,21,23,26,36H,1,4,6,12-14,17H2,2H3,(H,37,40)/t21-,23?,26?/m0/s1. The third-order valence-electron chi connectivity index (χ3n) is 7.70. The predicted octanol–water partition coefficient (Wildman–Crippen LogP) is 5.06. The van der Waals surface area contributed by atoms with E-state index >= 15 is 0 Å². The number of fused-ring (bicyclic) bond motifs is 2. The molecule has 2 aromatic carbocycles. The van der Waals surface area contributed by atoms with Crippen molar-refractivity contribution in [3.8, 4) is 6.07 Å². The first kappa shape index (κ1) is 28.5. The Morgan fingerprint density at radius 3 is 2.88 bits per heavy atom. The Hall–Kier alpha value is -4.00. The Morgan fingerprint density at radius 2 is 2.15 bits per heavy atom. The van der Waals surface area contributed by atoms with Gasteiger partial charge in [-0.15, -0.1) is 0 Å². The summed E-state index contributed by atoms with van der Waals surface area (Å²) in [6.45, 7) is 4.74. The normalized spacial score (nSPS) is 22.1. The zero-order valence-corrected chi connectivity index (χ0v) is 23.3. The maximum absolute atomic E-state index is 14.4. The molecule has 5 rings (SSSR count). The number of likely N-dealkylation sites (tertiary alicyclic amines) is 1. The van der Waals surface area contributed by atoms with Crippen LogP contribution in [0.5, 0.6) is 0 Å². The number of nitrogens with one attached hydrogen (secondary N) is 2. The number of ether oxygens (including phenoxy) is 1. The highest BCUT2D eigenvalue weighted by molar-refractivity contribution is 6.36. The highest BCUT2D eigenvalue weighted by Gasteiger charge is 2.35. The molecule has 2 aliphatic heterocycles. The number of benzene rings is 2. The molecule has 2 heterocycles. The van der Waals surface area contributed by atoms with E-state index in [0.29, 0.717) is 17.7 Å². The summed E-state index contributed by atoms with van der Waals surface area (Å²) in [4.78, 5) is 18.7. The molecule has 1 saturated heterocycles. The van der Waals surface area contributed by atoms with Crippen molar-refractivity contribution in [2.75, 3.05) is 33.3 Å². The van der Waals surface area contributed by atoms with Crippen molar-refractivity contribution in [2.45, 2.75) is 24.9 Å². The lowest BCUT2D eigenvalue weighted by Gasteiger charge is -2.32. The van der Waals surface area contributed by atoms with E-state index in [1.807, 2.05) is 43.5 Å². The number of halogens is 3. The number of amides is 1. The van der Waals surface area contributed by atoms with E-state index in [2.05, 4.69) is 28.2 Å². The second-order valence-electron chi connectivity index (χ2n) is 10.3. The first-order chi connectivity index (χ1) is 19.8. The van der Waals surface area contributed by atoms with Gasteiger partial charge in [-0.1, -0.05) is 60.7 Å². The minimum absolute atomic E-state index is 0.0541. The average molecular weight is 578 g/mol. The summed E-state index contributed by atoms with van der Waals surface area (Å²) in [5.41, 5.74) is 2.47. The zero-order chi connectivity index (χ0) is 29.1. The molecule has 0 aromatic heterocycles. The monoisotopic (exact) mass is 577 g/mol. The third kappa shape index (κ3) is 5.90. The number of likely N-dealkylation sites (N-methyl/N-ethyl adjacent to an activating group) is 1. The minimum Gasteiger partial charge on any atom is -0.475 e. The second kappa shape index (κ2) is 12.2. The number of hydrogen-bond acceptors (Lipinski definition) is 6. The molecule has 3 atom stereocenters. The summed E-state index contributed by atoms with van der Waals surface area (Å²) in [7, 11) is 2.05. The molecule has 0 spiro atoms. The zero-order valence-electron chi connectivity index (χ0n) is 22.6. The summed E-state index contributed by atoms with van der Waals surface area (Å²) in [5.74, 6) is -2.52. The van der Waals surface area contributed by atoms with Crippen LogP contribution in [0.15, 0.2) is 77.2 Å². The Bertz CT molecular complexity index is 1560. The topological polar surface area (TPSA) is 89.8 Å². The van der Waals surface area contributed by atoms with E-state index < -0.39 is 23.6 Å². The average Bonchev–Trinajstić information content (AvgIpc) is 3.39. The molecule has 2 unspecified atom stereocenters. The van der Waals surface area contributed by atoms with Gasteiger partial charge in [0.05, 0.1) is 11.1 Å². The van der Waals surface area contributed by atoms with Gasteiger partial charge in [-0.2, -0.15) is 5.26 Å². The highest BCUT2D eigenvalue weighted by Crippen LogP contribution is 2.38. The number of nitriles is 1. The molecule has 41 heavy (non-hydrogen) atoms. The summed E-state index contributed by atoms with van der Waals surface area (Å²) in [6, 6.07) is 10.8. The van der Waals surface area contributed by atoms with E-state index in [0.717, 1.165) is 35.9 Å². The molecule has 0 bridgehead atoms. The van der Waals surface area contributed by atoms with Gasteiger partial charge in [-0.3, -0.25) is 4.79 Å². The van der Waals surface area contributed by atoms with E-state index in [9.17, 15) is 18.8 Å². The quantitative estimate of drug-likeness (QED) is 0.338. The number of carbonyl (C=O) groups is 1. The molecular formula is C31H30ClF2N5O2. The summed E-state index contributed by atoms with van der Waals surface area (Å²) in [6.07, 6.45) is 7.90. The number of carbonyl (C=O) groups excluding carboxylic acids is 1. The Balaban J connectivity index is 1.47. The molecule has 212 valence electrons. The van der Waals surface area contributed by atoms with Crippen molar-refractivity contribution in [1.29, 1.82) is 5.26 Å². The number of rotatable bonds is 8. The number of nitrogens with zero attached hydrogens (tertiary/aromatic N) is 3. The molecule has 1 fully saturated rings. The van der Waals surface area contributed by atoms with Gasteiger partial charge >= 0.3 is 0 Å². The van der Waals surface area contributed by atoms with Crippen LogP contribution in [-0.4, -0.2) is 62.1 Å². The van der Waals surface area contributed by atoms with Gasteiger partial charge < -0.3 is 20.3 Å². The molecule has 2 N–H and O–H groups in total. The van der Waals surface area contributed by atoms with Crippen LogP contribution in [0.3, 0.4) is 0 Å². The fraction of sp³-hybridized carbons (Fsp3) is 0.323. The molecular weight excluding hydrogens is 548 g/mol. The van der Waals surface area contributed by atoms with E-state index in [4.69, 9.17) is 21.3 Å². The molecule has 7 nitrogen and oxygen atoms in total. The van der Waals surface area contributed by atoms with Crippen LogP contribution in [-0.2, 0) is 9.53 Å². The smallest absolute Gasteiger partial charge is 0.279 e. The lowest BCUT2D eigenvalue weighted by Crippen LogP contribution is -2.39. The molecule has 0 radical (unpaired) electrons. The van der Waals surface area contributed by atoms with Crippen molar-refractivity contribution in [3.63, 3.8) is 0 Å². The second-order valence-corrected chi connectivity index (χ2v) is 10.7. The highest BCUT2D eigenvalue weighted by atomic mass is 35.5. The van der Waals surface area contributed by atoms with Crippen molar-refractivity contribution in [2.24, 2.45) is 10.9 Å². The van der Waals surface area contributed by atoms with Crippen LogP contribution in [0.25, 0.3) is 16.3 Å². The molecule has 1 amide bonds. The van der Waals surface area contributed by atoms with Crippen molar-refractivity contribution < 1.29 is 18.3 Å². The lowest BCUT2D eigenvalue weighted by molar-refractivity contribution is -0.118. The molecule has 0 saturated carbocycles. The van der Waals surface area contributed by atoms with Gasteiger partial charge in [-0.25, -0.2) is 13.8 Å². The first-order valence-electron chi connectivity index (χ1n) is 13.5. The molecule has 3 aliphatic rings. The summed E-state index contributed by atoms with van der Waals surface area (Å²) >= 11 is 6.41. The first-order valence-corrected chi connectivity index (χ1v) is 13.9. The molecule has 1 aliphatic carbocycles. The van der Waals surface area contributed by atoms with E-state index in [-0.39, 0.29) is 41.5 Å². The fourth-order valence-electron chi connectivity index (χ4n) is 5.52. The van der Waals surface area contributed by atoms with Gasteiger partial charge in [0.1, 0.15) is 24.1 Å². The van der Waals surface area contributed by atoms with Gasteiger partial charge in [0.2, 0.25) is 5.90 Å². The predicted molar refractivity (Wildman–Crippen MR) is 156 cm³/mol. The van der Waals surface area contributed by atoms with Crippen molar-refractivity contribution in [1.82, 2.24) is 15.5 Å². The third-order valence-corrected chi connectivity index (χ3v) is 8.07. The van der Waals surface area contributed by atoms with Crippen LogP contribution in [0.2, 0.25) is 5.02 Å². The lowest BCUT2D eigenvalue weighted by atomic mass is 9.83. The maximum Gasteiger partial charge on any atom is 0.279 e. The van der Waals surface area contributed by atoms with Crippen LogP contribution in [0, 0.1) is 23.1 Å². The maximum atomic E-state index is 14.4. The number of dihydropyridines is 1. The summed E-state index contributed by atoms with van der Waals surface area (Å²) in [5, 5.41) is 17.3. The van der Waals surface area contributed by atoms with Gasteiger partial charge in [0.15, 0.2) is 5.83 Å². The Labute approximate surface area is 242 Å². The van der Waals surface area contributed by atoms with Crippen LogP contribution in [0.1, 0.15) is 18.4 Å². The van der Waals surface area contributed by atoms with E-state index in [1.165, 1.54) is 6.07 Å². The van der Waals surface area contributed by atoms with Crippen molar-refractivity contribution >= 4 is 39.8 Å². The Morgan fingerprint density at radius 1 is 1.32 bits per heavy atom. The van der Waals surface area contributed by atoms with Crippen molar-refractivity contribution in [3.05, 3.63) is 88.6 Å². The summed E-state index contributed by atoms with van der Waals surface area (Å²) < 4.78 is 33.7. The fourth-order valence-corrected chi connectivity index (χ4v) is 5.79. The van der Waals surface area contributed by atoms with Crippen LogP contribution >= 0.6 is 11.6 Å². The van der Waals surface area contributed by atoms with Crippen LogP contribution in [0.4, 0.5) is 8.78 Å². The molecule has 2 aromatic rings. The number of hydrogen-bond donors (Lipinski definition) is 2. The van der Waals surface area contributed by atoms with Gasteiger partial charge in [-0.05, 0) is 49.0 Å². The van der Waals surface area contributed by atoms with Gasteiger partial charge in [0.25, 0.3) is 5.91 Å². The van der Waals surface area contributed by atoms with E-state index in [1.54, 1.807) is 6.07 Å². The Kier molecular flexibility index (Phi) is 8.52. The van der Waals surface area contributed by atoms with Gasteiger partial charge in [0, 0.05) is 36.1 Å². The number of aliphatic imine (C=N–C) groups is 1. The largest absolute Gasteiger partial charge is 0.475 e. The minimum atomic E-state index is -1.07. The molecule has 10 heteroatoms. The number of allylic oxidation sites excluding steroid dienone is 2. The van der Waals surface area contributed by atoms with Crippen LogP contribution < -0.4 is 10.6 Å².